The standard InChI is InChI=1S/C11H13ClN6O/c1-2-5-19-11-17-9(12)16-10(18-11)14-6-8-3-4-13-7-15-8/h3-4,7H,2,5-6H2,1H3,(H,14,16,17,18). The molecule has 0 aliphatic carbocycles. The first-order chi connectivity index (χ1) is 9.28. The van der Waals surface area contributed by atoms with Crippen LogP contribution in [-0.4, -0.2) is 31.5 Å². The van der Waals surface area contributed by atoms with E-state index in [9.17, 15) is 0 Å². The smallest absolute Gasteiger partial charge is 0.322 e. The molecule has 2 rings (SSSR count). The maximum absolute atomic E-state index is 5.80. The minimum Gasteiger partial charge on any atom is -0.463 e. The maximum Gasteiger partial charge on any atom is 0.322 e. The van der Waals surface area contributed by atoms with Gasteiger partial charge in [0, 0.05) is 6.20 Å². The fraction of sp³-hybridized carbons (Fsp3) is 0.364. The Morgan fingerprint density at radius 3 is 2.95 bits per heavy atom. The third kappa shape index (κ3) is 4.29. The summed E-state index contributed by atoms with van der Waals surface area (Å²) in [5, 5.41) is 3.09. The van der Waals surface area contributed by atoms with E-state index in [1.807, 2.05) is 6.92 Å². The van der Waals surface area contributed by atoms with Crippen LogP contribution in [-0.2, 0) is 6.54 Å². The van der Waals surface area contributed by atoms with Crippen LogP contribution in [0, 0.1) is 0 Å². The largest absolute Gasteiger partial charge is 0.463 e. The summed E-state index contributed by atoms with van der Waals surface area (Å²) in [5.41, 5.74) is 0.822. The predicted molar refractivity (Wildman–Crippen MR) is 70.0 cm³/mol. The van der Waals surface area contributed by atoms with Crippen molar-refractivity contribution in [2.75, 3.05) is 11.9 Å². The minimum atomic E-state index is 0.0892. The van der Waals surface area contributed by atoms with Crippen molar-refractivity contribution in [1.82, 2.24) is 24.9 Å². The first kappa shape index (κ1) is 13.4. The SMILES string of the molecule is CCCOc1nc(Cl)nc(NCc2ccncn2)n1. The number of anilines is 1. The van der Waals surface area contributed by atoms with E-state index in [0.717, 1.165) is 12.1 Å². The van der Waals surface area contributed by atoms with Crippen LogP contribution in [0.5, 0.6) is 6.01 Å². The van der Waals surface area contributed by atoms with Crippen LogP contribution >= 0.6 is 11.6 Å². The van der Waals surface area contributed by atoms with Crippen molar-refractivity contribution < 1.29 is 4.74 Å². The number of hydrogen-bond acceptors (Lipinski definition) is 7. The van der Waals surface area contributed by atoms with Crippen LogP contribution < -0.4 is 10.1 Å². The zero-order chi connectivity index (χ0) is 13.5. The lowest BCUT2D eigenvalue weighted by molar-refractivity contribution is 0.291. The number of hydrogen-bond donors (Lipinski definition) is 1. The Labute approximate surface area is 115 Å². The lowest BCUT2D eigenvalue weighted by Gasteiger charge is -2.06. The molecule has 0 aliphatic heterocycles. The molecule has 2 aromatic rings. The molecule has 0 unspecified atom stereocenters. The van der Waals surface area contributed by atoms with Crippen molar-refractivity contribution in [1.29, 1.82) is 0 Å². The fourth-order valence-electron chi connectivity index (χ4n) is 1.26. The second-order valence-electron chi connectivity index (χ2n) is 3.61. The average molecular weight is 281 g/mol. The summed E-state index contributed by atoms with van der Waals surface area (Å²) in [5.74, 6) is 0.352. The van der Waals surface area contributed by atoms with Crippen molar-refractivity contribution in [3.63, 3.8) is 0 Å². The van der Waals surface area contributed by atoms with Gasteiger partial charge in [0.05, 0.1) is 18.8 Å². The van der Waals surface area contributed by atoms with E-state index < -0.39 is 0 Å². The molecule has 0 spiro atoms. The van der Waals surface area contributed by atoms with E-state index in [1.54, 1.807) is 12.3 Å². The Kier molecular flexibility index (Phi) is 4.79. The summed E-state index contributed by atoms with van der Waals surface area (Å²) >= 11 is 5.80. The van der Waals surface area contributed by atoms with Gasteiger partial charge < -0.3 is 10.1 Å². The number of halogens is 1. The van der Waals surface area contributed by atoms with Crippen LogP contribution in [0.4, 0.5) is 5.95 Å². The van der Waals surface area contributed by atoms with Gasteiger partial charge in [-0.05, 0) is 24.1 Å². The van der Waals surface area contributed by atoms with Crippen molar-refractivity contribution in [2.45, 2.75) is 19.9 Å². The second kappa shape index (κ2) is 6.79. The van der Waals surface area contributed by atoms with Crippen LogP contribution in [0.3, 0.4) is 0 Å². The van der Waals surface area contributed by atoms with Crippen molar-refractivity contribution in [3.05, 3.63) is 29.6 Å². The topological polar surface area (TPSA) is 85.7 Å². The van der Waals surface area contributed by atoms with Crippen molar-refractivity contribution >= 4 is 17.5 Å². The van der Waals surface area contributed by atoms with Gasteiger partial charge >= 0.3 is 6.01 Å². The number of nitrogens with zero attached hydrogens (tertiary/aromatic N) is 5. The minimum absolute atomic E-state index is 0.0892. The molecule has 2 heterocycles. The van der Waals surface area contributed by atoms with E-state index >= 15 is 0 Å². The number of rotatable bonds is 6. The van der Waals surface area contributed by atoms with E-state index in [4.69, 9.17) is 16.3 Å². The Balaban J connectivity index is 2.01. The van der Waals surface area contributed by atoms with Gasteiger partial charge in [-0.1, -0.05) is 6.92 Å². The zero-order valence-corrected chi connectivity index (χ0v) is 11.1. The van der Waals surface area contributed by atoms with Gasteiger partial charge in [-0.15, -0.1) is 0 Å². The molecular weight excluding hydrogens is 268 g/mol. The zero-order valence-electron chi connectivity index (χ0n) is 10.4. The van der Waals surface area contributed by atoms with Gasteiger partial charge in [-0.2, -0.15) is 15.0 Å². The number of aromatic nitrogens is 5. The second-order valence-corrected chi connectivity index (χ2v) is 3.95. The van der Waals surface area contributed by atoms with Gasteiger partial charge in [0.2, 0.25) is 11.2 Å². The van der Waals surface area contributed by atoms with E-state index in [-0.39, 0.29) is 11.3 Å². The summed E-state index contributed by atoms with van der Waals surface area (Å²) in [6.07, 6.45) is 4.01. The summed E-state index contributed by atoms with van der Waals surface area (Å²) in [7, 11) is 0. The highest BCUT2D eigenvalue weighted by molar-refractivity contribution is 6.28. The molecule has 2 aromatic heterocycles. The third-order valence-corrected chi connectivity index (χ3v) is 2.26. The van der Waals surface area contributed by atoms with Crippen molar-refractivity contribution in [3.8, 4) is 6.01 Å². The maximum atomic E-state index is 5.80. The highest BCUT2D eigenvalue weighted by Gasteiger charge is 2.05. The first-order valence-electron chi connectivity index (χ1n) is 5.81. The van der Waals surface area contributed by atoms with Crippen LogP contribution in [0.25, 0.3) is 0 Å². The Morgan fingerprint density at radius 1 is 1.32 bits per heavy atom. The predicted octanol–water partition coefficient (Wildman–Crippen LogP) is 1.72. The molecule has 0 saturated carbocycles. The lowest BCUT2D eigenvalue weighted by atomic mass is 10.4. The van der Waals surface area contributed by atoms with E-state index in [2.05, 4.69) is 30.2 Å². The molecule has 0 radical (unpaired) electrons. The van der Waals surface area contributed by atoms with Gasteiger partial charge in [0.25, 0.3) is 0 Å². The molecule has 0 bridgehead atoms. The third-order valence-electron chi connectivity index (χ3n) is 2.09. The van der Waals surface area contributed by atoms with Gasteiger partial charge in [0.1, 0.15) is 6.33 Å². The highest BCUT2D eigenvalue weighted by Crippen LogP contribution is 2.12. The fourth-order valence-corrected chi connectivity index (χ4v) is 1.41. The van der Waals surface area contributed by atoms with Crippen molar-refractivity contribution in [2.24, 2.45) is 0 Å². The Morgan fingerprint density at radius 2 is 2.21 bits per heavy atom. The Bertz CT molecular complexity index is 524. The molecular formula is C11H13ClN6O. The monoisotopic (exact) mass is 280 g/mol. The summed E-state index contributed by atoms with van der Waals surface area (Å²) in [6.45, 7) is 3.00. The molecule has 7 nitrogen and oxygen atoms in total. The van der Waals surface area contributed by atoms with Crippen LogP contribution in [0.1, 0.15) is 19.0 Å². The molecule has 0 saturated heterocycles. The molecule has 0 fully saturated rings. The van der Waals surface area contributed by atoms with Crippen LogP contribution in [0.15, 0.2) is 18.6 Å². The molecule has 8 heteroatoms. The lowest BCUT2D eigenvalue weighted by Crippen LogP contribution is -2.08. The normalized spacial score (nSPS) is 10.2. The summed E-state index contributed by atoms with van der Waals surface area (Å²) in [6, 6.07) is 2.01. The molecule has 0 aliphatic rings. The molecule has 0 aromatic carbocycles. The van der Waals surface area contributed by atoms with Gasteiger partial charge in [-0.25, -0.2) is 9.97 Å². The van der Waals surface area contributed by atoms with Gasteiger partial charge in [-0.3, -0.25) is 0 Å². The van der Waals surface area contributed by atoms with Crippen LogP contribution in [0.2, 0.25) is 5.28 Å². The summed E-state index contributed by atoms with van der Waals surface area (Å²) < 4.78 is 5.32. The average Bonchev–Trinajstić information content (AvgIpc) is 2.43. The summed E-state index contributed by atoms with van der Waals surface area (Å²) in [4.78, 5) is 19.9. The van der Waals surface area contributed by atoms with E-state index in [1.165, 1.54) is 6.33 Å². The quantitative estimate of drug-likeness (QED) is 0.862. The molecule has 0 atom stereocenters. The molecule has 19 heavy (non-hydrogen) atoms. The van der Waals surface area contributed by atoms with E-state index in [0.29, 0.717) is 19.1 Å². The molecule has 100 valence electrons. The van der Waals surface area contributed by atoms with Gasteiger partial charge in [0.15, 0.2) is 0 Å². The number of nitrogens with one attached hydrogen (secondary N) is 1. The molecule has 1 N–H and O–H groups in total. The number of ether oxygens (including phenoxy) is 1. The molecule has 0 amide bonds. The Hall–Kier alpha value is -2.02. The first-order valence-corrected chi connectivity index (χ1v) is 6.19. The highest BCUT2D eigenvalue weighted by atomic mass is 35.5.